The Morgan fingerprint density at radius 3 is 1.28 bits per heavy atom. The Hall–Kier alpha value is -0.970. The van der Waals surface area contributed by atoms with Crippen LogP contribution in [0.4, 0.5) is 0 Å². The molecule has 8 atom stereocenters. The van der Waals surface area contributed by atoms with Gasteiger partial charge in [0.2, 0.25) is 5.91 Å². The van der Waals surface area contributed by atoms with Crippen LogP contribution in [0.1, 0.15) is 0 Å². The lowest BCUT2D eigenvalue weighted by atomic mass is 10.0. The lowest BCUT2D eigenvalue weighted by Gasteiger charge is -2.24. The molecule has 1 amide bonds. The van der Waals surface area contributed by atoms with Gasteiger partial charge < -0.3 is 62.5 Å². The molecule has 0 aliphatic rings. The summed E-state index contributed by atoms with van der Waals surface area (Å²) in [5.74, 6) is -1.23. The number of nitrogens with two attached hydrogens (primary N) is 2. The van der Waals surface area contributed by atoms with E-state index in [4.69, 9.17) is 56.8 Å². The number of hydrogen-bond donors (Lipinski definition) is 12. The van der Waals surface area contributed by atoms with Crippen molar-refractivity contribution in [2.75, 3.05) is 19.8 Å². The van der Waals surface area contributed by atoms with Crippen molar-refractivity contribution in [3.8, 4) is 0 Å². The van der Waals surface area contributed by atoms with Crippen LogP contribution >= 0.6 is 0 Å². The molecule has 0 rings (SSSR count). The SMILES string of the molecule is NC(=O)[C@H](O)[C@@H](O)[C@H](O)[C@H](O)CO.NC[C@H](O)[C@@H](O)[C@H](O)[C@H](O)CO. The van der Waals surface area contributed by atoms with E-state index in [0.717, 1.165) is 0 Å². The highest BCUT2D eigenvalue weighted by Crippen LogP contribution is 2.04. The van der Waals surface area contributed by atoms with E-state index in [0.29, 0.717) is 0 Å². The Labute approximate surface area is 143 Å². The van der Waals surface area contributed by atoms with Crippen LogP contribution < -0.4 is 11.5 Å². The van der Waals surface area contributed by atoms with Gasteiger partial charge in [-0.3, -0.25) is 4.79 Å². The van der Waals surface area contributed by atoms with Crippen LogP contribution in [0.15, 0.2) is 0 Å². The van der Waals surface area contributed by atoms with Gasteiger partial charge in [-0.25, -0.2) is 0 Å². The topological polar surface area (TPSA) is 271 Å². The zero-order chi connectivity index (χ0) is 20.3. The molecule has 13 nitrogen and oxygen atoms in total. The van der Waals surface area contributed by atoms with E-state index in [1.54, 1.807) is 0 Å². The zero-order valence-corrected chi connectivity index (χ0v) is 13.3. The van der Waals surface area contributed by atoms with Crippen LogP contribution in [-0.2, 0) is 4.79 Å². The molecule has 0 saturated carbocycles. The number of carbonyl (C=O) groups excluding carboxylic acids is 1. The lowest BCUT2D eigenvalue weighted by molar-refractivity contribution is -0.146. The third-order valence-electron chi connectivity index (χ3n) is 3.11. The van der Waals surface area contributed by atoms with Gasteiger partial charge in [0.1, 0.15) is 36.6 Å². The highest BCUT2D eigenvalue weighted by Gasteiger charge is 2.32. The molecule has 0 aromatic carbocycles. The van der Waals surface area contributed by atoms with E-state index < -0.39 is 68.0 Å². The number of rotatable bonds is 10. The number of aliphatic hydroxyl groups is 10. The van der Waals surface area contributed by atoms with E-state index in [9.17, 15) is 4.79 Å². The Balaban J connectivity index is 0. The van der Waals surface area contributed by atoms with E-state index in [2.05, 4.69) is 5.73 Å². The zero-order valence-electron chi connectivity index (χ0n) is 13.3. The van der Waals surface area contributed by atoms with E-state index in [1.165, 1.54) is 0 Å². The predicted octanol–water partition coefficient (Wildman–Crippen LogP) is -7.71. The minimum atomic E-state index is -1.98. The number of carbonyl (C=O) groups is 1. The standard InChI is InChI=1S/C6H13NO6.C6H15NO5/c7-6(13)5(12)4(11)3(10)2(9)1-8;7-1-3(9)5(11)6(12)4(10)2-8/h2-5,8-12H,1H2,(H2,7,13);3-6,8-12H,1-2,7H2/t2-,3-,4+,5-;3-,4+,5+,6+/m10/s1. The van der Waals surface area contributed by atoms with E-state index in [-0.39, 0.29) is 6.54 Å². The molecule has 0 aromatic heterocycles. The van der Waals surface area contributed by atoms with Gasteiger partial charge in [0.15, 0.2) is 6.10 Å². The van der Waals surface area contributed by atoms with Crippen LogP contribution in [0.3, 0.4) is 0 Å². The maximum absolute atomic E-state index is 10.3. The first-order valence-corrected chi connectivity index (χ1v) is 7.11. The minimum Gasteiger partial charge on any atom is -0.394 e. The van der Waals surface area contributed by atoms with Gasteiger partial charge in [-0.15, -0.1) is 0 Å². The summed E-state index contributed by atoms with van der Waals surface area (Å²) in [7, 11) is 0. The highest BCUT2D eigenvalue weighted by atomic mass is 16.4. The van der Waals surface area contributed by atoms with Crippen molar-refractivity contribution in [1.82, 2.24) is 0 Å². The van der Waals surface area contributed by atoms with Gasteiger partial charge in [-0.1, -0.05) is 0 Å². The molecule has 0 heterocycles. The highest BCUT2D eigenvalue weighted by molar-refractivity contribution is 5.79. The molecule has 0 fully saturated rings. The summed E-state index contributed by atoms with van der Waals surface area (Å²) >= 11 is 0. The van der Waals surface area contributed by atoms with Crippen LogP contribution in [0, 0.1) is 0 Å². The number of aliphatic hydroxyl groups excluding tert-OH is 10. The maximum Gasteiger partial charge on any atom is 0.249 e. The first kappa shape index (κ1) is 26.3. The van der Waals surface area contributed by atoms with Gasteiger partial charge >= 0.3 is 0 Å². The summed E-state index contributed by atoms with van der Waals surface area (Å²) < 4.78 is 0. The van der Waals surface area contributed by atoms with Crippen molar-refractivity contribution >= 4 is 5.91 Å². The quantitative estimate of drug-likeness (QED) is 0.169. The largest absolute Gasteiger partial charge is 0.394 e. The Morgan fingerprint density at radius 2 is 1.00 bits per heavy atom. The molecule has 0 aromatic rings. The summed E-state index contributed by atoms with van der Waals surface area (Å²) in [5, 5.41) is 88.1. The lowest BCUT2D eigenvalue weighted by Crippen LogP contribution is -2.50. The van der Waals surface area contributed by atoms with Crippen molar-refractivity contribution in [3.05, 3.63) is 0 Å². The number of primary amides is 1. The Kier molecular flexibility index (Phi) is 13.9. The molecule has 0 bridgehead atoms. The summed E-state index contributed by atoms with van der Waals surface area (Å²) in [6.45, 7) is -1.71. The fourth-order valence-corrected chi connectivity index (χ4v) is 1.39. The van der Waals surface area contributed by atoms with E-state index >= 15 is 0 Å². The molecule has 14 N–H and O–H groups in total. The summed E-state index contributed by atoms with van der Waals surface area (Å²) in [4.78, 5) is 10.3. The summed E-state index contributed by atoms with van der Waals surface area (Å²) in [6.07, 6.45) is -13.3. The molecule has 0 spiro atoms. The predicted molar refractivity (Wildman–Crippen MR) is 80.5 cm³/mol. The second kappa shape index (κ2) is 13.3. The summed E-state index contributed by atoms with van der Waals surface area (Å²) in [5.41, 5.74) is 9.60. The van der Waals surface area contributed by atoms with Crippen LogP contribution in [-0.4, -0.2) is 126 Å². The van der Waals surface area contributed by atoms with Gasteiger partial charge in [-0.05, 0) is 0 Å². The van der Waals surface area contributed by atoms with Crippen molar-refractivity contribution in [1.29, 1.82) is 0 Å². The second-order valence-electron chi connectivity index (χ2n) is 5.11. The third kappa shape index (κ3) is 9.34. The number of amides is 1. The maximum atomic E-state index is 10.3. The second-order valence-corrected chi connectivity index (χ2v) is 5.11. The Bertz CT molecular complexity index is 348. The van der Waals surface area contributed by atoms with Crippen molar-refractivity contribution in [2.45, 2.75) is 48.8 Å². The van der Waals surface area contributed by atoms with Gasteiger partial charge in [0.25, 0.3) is 0 Å². The molecule has 0 aliphatic heterocycles. The van der Waals surface area contributed by atoms with Crippen molar-refractivity contribution in [3.63, 3.8) is 0 Å². The van der Waals surface area contributed by atoms with Gasteiger partial charge in [-0.2, -0.15) is 0 Å². The molecule has 13 heteroatoms. The van der Waals surface area contributed by atoms with Crippen molar-refractivity contribution < 1.29 is 55.9 Å². The fourth-order valence-electron chi connectivity index (χ4n) is 1.39. The molecular formula is C12H28N2O11. The molecule has 0 saturated heterocycles. The number of hydrogen-bond acceptors (Lipinski definition) is 12. The smallest absolute Gasteiger partial charge is 0.249 e. The van der Waals surface area contributed by atoms with Crippen molar-refractivity contribution in [2.24, 2.45) is 11.5 Å². The molecule has 0 aliphatic carbocycles. The summed E-state index contributed by atoms with van der Waals surface area (Å²) in [6, 6.07) is 0. The first-order chi connectivity index (χ1) is 11.5. The van der Waals surface area contributed by atoms with Crippen LogP contribution in [0.2, 0.25) is 0 Å². The average Bonchev–Trinajstić information content (AvgIpc) is 2.62. The van der Waals surface area contributed by atoms with Crippen LogP contribution in [0.5, 0.6) is 0 Å². The Morgan fingerprint density at radius 1 is 0.680 bits per heavy atom. The molecule has 152 valence electrons. The van der Waals surface area contributed by atoms with Crippen LogP contribution in [0.25, 0.3) is 0 Å². The average molecular weight is 376 g/mol. The van der Waals surface area contributed by atoms with E-state index in [1.807, 2.05) is 0 Å². The molecular weight excluding hydrogens is 348 g/mol. The fraction of sp³-hybridized carbons (Fsp3) is 0.917. The molecule has 0 unspecified atom stereocenters. The van der Waals surface area contributed by atoms with Gasteiger partial charge in [0.05, 0.1) is 19.3 Å². The molecule has 25 heavy (non-hydrogen) atoms. The first-order valence-electron chi connectivity index (χ1n) is 7.11. The monoisotopic (exact) mass is 376 g/mol. The third-order valence-corrected chi connectivity index (χ3v) is 3.11. The van der Waals surface area contributed by atoms with Gasteiger partial charge in [0, 0.05) is 6.54 Å². The minimum absolute atomic E-state index is 0.226. The normalized spacial score (nSPS) is 20.9. The molecule has 0 radical (unpaired) electrons.